The number of nitrogens with one attached hydrogen (secondary N) is 1. The van der Waals surface area contributed by atoms with E-state index >= 15 is 0 Å². The summed E-state index contributed by atoms with van der Waals surface area (Å²) < 4.78 is 6.17. The summed E-state index contributed by atoms with van der Waals surface area (Å²) in [7, 11) is 0. The molecule has 0 unspecified atom stereocenters. The molecule has 0 aromatic carbocycles. The summed E-state index contributed by atoms with van der Waals surface area (Å²) in [6.45, 7) is 15.1. The molecule has 0 saturated carbocycles. The summed E-state index contributed by atoms with van der Waals surface area (Å²) in [5.74, 6) is -0.0305. The number of hydrogen-bond acceptors (Lipinski definition) is 4. The first-order valence-corrected chi connectivity index (χ1v) is 7.90. The molecule has 1 spiro atoms. The molecular formula is C16H30N2O3. The van der Waals surface area contributed by atoms with E-state index in [0.717, 1.165) is 6.42 Å². The molecule has 5 nitrogen and oxygen atoms in total. The lowest BCUT2D eigenvalue weighted by atomic mass is 9.76. The van der Waals surface area contributed by atoms with Gasteiger partial charge in [0.15, 0.2) is 0 Å². The van der Waals surface area contributed by atoms with Crippen LogP contribution in [0.25, 0.3) is 0 Å². The van der Waals surface area contributed by atoms with Crippen molar-refractivity contribution in [2.24, 2.45) is 0 Å². The van der Waals surface area contributed by atoms with E-state index in [0.29, 0.717) is 19.4 Å². The molecule has 2 saturated heterocycles. The monoisotopic (exact) mass is 298 g/mol. The number of amides is 1. The van der Waals surface area contributed by atoms with Gasteiger partial charge in [-0.25, -0.2) is 0 Å². The lowest BCUT2D eigenvalue weighted by Gasteiger charge is -2.56. The Hall–Kier alpha value is -0.650. The Kier molecular flexibility index (Phi) is 3.93. The van der Waals surface area contributed by atoms with Gasteiger partial charge in [0.2, 0.25) is 0 Å². The zero-order valence-corrected chi connectivity index (χ0v) is 14.5. The molecular weight excluding hydrogens is 268 g/mol. The van der Waals surface area contributed by atoms with Gasteiger partial charge in [0.1, 0.15) is 11.3 Å². The number of rotatable bonds is 3. The molecule has 2 heterocycles. The largest absolute Gasteiger partial charge is 0.340 e. The lowest BCUT2D eigenvalue weighted by Crippen LogP contribution is -2.68. The molecule has 0 radical (unpaired) electrons. The highest BCUT2D eigenvalue weighted by atomic mass is 16.7. The lowest BCUT2D eigenvalue weighted by molar-refractivity contribution is -0.313. The molecule has 1 N–H and O–H groups in total. The van der Waals surface area contributed by atoms with Gasteiger partial charge in [0.25, 0.3) is 5.91 Å². The second-order valence-electron chi connectivity index (χ2n) is 8.17. The van der Waals surface area contributed by atoms with Crippen molar-refractivity contribution < 1.29 is 14.4 Å². The molecule has 0 aliphatic carbocycles. The minimum Gasteiger partial charge on any atom is -0.340 e. The van der Waals surface area contributed by atoms with E-state index in [1.165, 1.54) is 0 Å². The number of piperidine rings is 1. The number of carbonyl (C=O) groups is 1. The van der Waals surface area contributed by atoms with Crippen LogP contribution in [0.3, 0.4) is 0 Å². The van der Waals surface area contributed by atoms with E-state index < -0.39 is 11.3 Å². The van der Waals surface area contributed by atoms with E-state index in [2.05, 4.69) is 45.0 Å². The van der Waals surface area contributed by atoms with Crippen LogP contribution in [0.4, 0.5) is 0 Å². The van der Waals surface area contributed by atoms with Gasteiger partial charge in [0, 0.05) is 23.9 Å². The van der Waals surface area contributed by atoms with Crippen LogP contribution in [-0.4, -0.2) is 40.0 Å². The molecule has 5 heteroatoms. The highest BCUT2D eigenvalue weighted by molar-refractivity contribution is 5.86. The zero-order valence-electron chi connectivity index (χ0n) is 14.5. The Labute approximate surface area is 128 Å². The number of hydrogen-bond donors (Lipinski definition) is 1. The van der Waals surface area contributed by atoms with Crippen molar-refractivity contribution in [2.45, 2.75) is 90.1 Å². The standard InChI is InChI=1S/C16H30N2O3/c1-8-9-20-18-13(2,3)10-16(11-14(18,4)5)17-12(19)15(6,7)21-16/h8-11H2,1-7H3,(H,17,19). The third-order valence-corrected chi connectivity index (χ3v) is 4.30. The fraction of sp³-hybridized carbons (Fsp3) is 0.938. The number of hydroxylamine groups is 2. The average Bonchev–Trinajstić information content (AvgIpc) is 2.44. The molecule has 1 amide bonds. The minimum absolute atomic E-state index is 0.0305. The van der Waals surface area contributed by atoms with E-state index in [-0.39, 0.29) is 17.0 Å². The number of nitrogens with zero attached hydrogens (tertiary/aromatic N) is 1. The maximum atomic E-state index is 12.2. The first-order valence-electron chi connectivity index (χ1n) is 7.90. The first kappa shape index (κ1) is 16.7. The summed E-state index contributed by atoms with van der Waals surface area (Å²) in [5, 5.41) is 5.20. The van der Waals surface area contributed by atoms with E-state index in [4.69, 9.17) is 9.57 Å². The van der Waals surface area contributed by atoms with Gasteiger partial charge >= 0.3 is 0 Å². The summed E-state index contributed by atoms with van der Waals surface area (Å²) in [6.07, 6.45) is 2.40. The zero-order chi connectivity index (χ0) is 16.1. The summed E-state index contributed by atoms with van der Waals surface area (Å²) in [6, 6.07) is 0. The Morgan fingerprint density at radius 3 is 2.05 bits per heavy atom. The van der Waals surface area contributed by atoms with E-state index in [1.807, 2.05) is 13.8 Å². The quantitative estimate of drug-likeness (QED) is 0.870. The Balaban J connectivity index is 2.27. The normalized spacial score (nSPS) is 29.6. The van der Waals surface area contributed by atoms with Gasteiger partial charge in [-0.05, 0) is 48.0 Å². The van der Waals surface area contributed by atoms with Gasteiger partial charge in [-0.15, -0.1) is 0 Å². The Bertz CT molecular complexity index is 411. The highest BCUT2D eigenvalue weighted by Gasteiger charge is 2.60. The summed E-state index contributed by atoms with van der Waals surface area (Å²) in [4.78, 5) is 18.2. The van der Waals surface area contributed by atoms with Crippen LogP contribution < -0.4 is 5.32 Å². The van der Waals surface area contributed by atoms with Crippen molar-refractivity contribution in [1.82, 2.24) is 10.4 Å². The molecule has 0 atom stereocenters. The number of ether oxygens (including phenoxy) is 1. The van der Waals surface area contributed by atoms with Crippen molar-refractivity contribution in [3.05, 3.63) is 0 Å². The predicted molar refractivity (Wildman–Crippen MR) is 81.5 cm³/mol. The molecule has 0 aromatic heterocycles. The van der Waals surface area contributed by atoms with Crippen LogP contribution in [0.5, 0.6) is 0 Å². The SMILES string of the molecule is CCCON1C(C)(C)CC2(CC1(C)C)NC(=O)C(C)(C)O2. The second-order valence-corrected chi connectivity index (χ2v) is 8.17. The molecule has 2 rings (SSSR count). The van der Waals surface area contributed by atoms with Crippen molar-refractivity contribution in [1.29, 1.82) is 0 Å². The fourth-order valence-corrected chi connectivity index (χ4v) is 4.03. The summed E-state index contributed by atoms with van der Waals surface area (Å²) >= 11 is 0. The first-order chi connectivity index (χ1) is 9.44. The predicted octanol–water partition coefficient (Wildman–Crippen LogP) is 2.60. The van der Waals surface area contributed by atoms with Gasteiger partial charge in [-0.3, -0.25) is 9.63 Å². The van der Waals surface area contributed by atoms with Crippen LogP contribution in [-0.2, 0) is 14.4 Å². The average molecular weight is 298 g/mol. The second kappa shape index (κ2) is 4.93. The molecule has 21 heavy (non-hydrogen) atoms. The third kappa shape index (κ3) is 2.96. The summed E-state index contributed by atoms with van der Waals surface area (Å²) in [5.41, 5.74) is -1.80. The van der Waals surface area contributed by atoms with Crippen molar-refractivity contribution in [2.75, 3.05) is 6.61 Å². The Morgan fingerprint density at radius 1 is 1.14 bits per heavy atom. The molecule has 0 bridgehead atoms. The van der Waals surface area contributed by atoms with Gasteiger partial charge in [-0.2, -0.15) is 5.06 Å². The highest BCUT2D eigenvalue weighted by Crippen LogP contribution is 2.47. The van der Waals surface area contributed by atoms with Crippen LogP contribution >= 0.6 is 0 Å². The molecule has 0 aromatic rings. The maximum absolute atomic E-state index is 12.2. The van der Waals surface area contributed by atoms with Crippen molar-refractivity contribution >= 4 is 5.91 Å². The fourth-order valence-electron chi connectivity index (χ4n) is 4.03. The van der Waals surface area contributed by atoms with Crippen LogP contribution in [0.2, 0.25) is 0 Å². The number of carbonyl (C=O) groups excluding carboxylic acids is 1. The van der Waals surface area contributed by atoms with Crippen molar-refractivity contribution in [3.63, 3.8) is 0 Å². The van der Waals surface area contributed by atoms with Crippen LogP contribution in [0.15, 0.2) is 0 Å². The molecule has 122 valence electrons. The maximum Gasteiger partial charge on any atom is 0.253 e. The Morgan fingerprint density at radius 2 is 1.67 bits per heavy atom. The smallest absolute Gasteiger partial charge is 0.253 e. The van der Waals surface area contributed by atoms with E-state index in [1.54, 1.807) is 0 Å². The van der Waals surface area contributed by atoms with Gasteiger partial charge < -0.3 is 10.1 Å². The minimum atomic E-state index is -0.765. The molecule has 2 fully saturated rings. The third-order valence-electron chi connectivity index (χ3n) is 4.30. The molecule has 2 aliphatic rings. The van der Waals surface area contributed by atoms with Gasteiger partial charge in [0.05, 0.1) is 6.61 Å². The van der Waals surface area contributed by atoms with Crippen molar-refractivity contribution in [3.8, 4) is 0 Å². The van der Waals surface area contributed by atoms with E-state index in [9.17, 15) is 4.79 Å². The van der Waals surface area contributed by atoms with Crippen LogP contribution in [0.1, 0.15) is 67.7 Å². The topological polar surface area (TPSA) is 50.8 Å². The molecule has 2 aliphatic heterocycles. The van der Waals surface area contributed by atoms with Gasteiger partial charge in [-0.1, -0.05) is 6.92 Å². The van der Waals surface area contributed by atoms with Crippen LogP contribution in [0, 0.1) is 0 Å².